The molecule has 3 N–H and O–H groups in total. The van der Waals surface area contributed by atoms with Crippen LogP contribution in [0.15, 0.2) is 36.4 Å². The van der Waals surface area contributed by atoms with Crippen LogP contribution in [0.1, 0.15) is 41.3 Å². The number of nitrogens with one attached hydrogen (secondary N) is 1. The van der Waals surface area contributed by atoms with Gasteiger partial charge in [0.05, 0.1) is 5.69 Å². The Labute approximate surface area is 148 Å². The number of carbonyl (C=O) groups excluding carboxylic acids is 2. The second-order valence-electron chi connectivity index (χ2n) is 6.08. The summed E-state index contributed by atoms with van der Waals surface area (Å²) in [6.45, 7) is 5.70. The summed E-state index contributed by atoms with van der Waals surface area (Å²) in [6.07, 6.45) is 1.27. The average Bonchev–Trinajstić information content (AvgIpc) is 2.57. The summed E-state index contributed by atoms with van der Waals surface area (Å²) in [7, 11) is 0. The maximum absolute atomic E-state index is 12.1. The molecule has 0 saturated heterocycles. The van der Waals surface area contributed by atoms with Crippen LogP contribution in [-0.2, 0) is 4.79 Å². The van der Waals surface area contributed by atoms with Crippen LogP contribution >= 0.6 is 0 Å². The molecule has 0 bridgehead atoms. The summed E-state index contributed by atoms with van der Waals surface area (Å²) in [4.78, 5) is 24.0. The number of hydrogen-bond donors (Lipinski definition) is 2. The van der Waals surface area contributed by atoms with Gasteiger partial charge in [0.2, 0.25) is 0 Å². The van der Waals surface area contributed by atoms with E-state index in [4.69, 9.17) is 10.5 Å². The fourth-order valence-electron chi connectivity index (χ4n) is 2.42. The highest BCUT2D eigenvalue weighted by Gasteiger charge is 2.10. The summed E-state index contributed by atoms with van der Waals surface area (Å²) in [6, 6.07) is 10.8. The Morgan fingerprint density at radius 1 is 1.12 bits per heavy atom. The van der Waals surface area contributed by atoms with Crippen LogP contribution < -0.4 is 15.8 Å². The zero-order valence-electron chi connectivity index (χ0n) is 14.9. The lowest BCUT2D eigenvalue weighted by molar-refractivity contribution is -0.118. The number of rotatable bonds is 7. The lowest BCUT2D eigenvalue weighted by atomic mass is 10.1. The standard InChI is InChI=1S/C20H24N2O3/c1-4-5-18(23)15-8-9-19(16(21)11-15)25-12-20(24)22-17-10-13(2)6-7-14(17)3/h6-11H,4-5,12,21H2,1-3H3,(H,22,24). The van der Waals surface area contributed by atoms with Gasteiger partial charge in [0, 0.05) is 17.7 Å². The zero-order valence-corrected chi connectivity index (χ0v) is 14.9. The van der Waals surface area contributed by atoms with Gasteiger partial charge < -0.3 is 15.8 Å². The quantitative estimate of drug-likeness (QED) is 0.592. The van der Waals surface area contributed by atoms with E-state index in [-0.39, 0.29) is 18.3 Å². The van der Waals surface area contributed by atoms with Crippen molar-refractivity contribution in [3.8, 4) is 5.75 Å². The third-order valence-corrected chi connectivity index (χ3v) is 3.83. The maximum atomic E-state index is 12.1. The van der Waals surface area contributed by atoms with Crippen LogP contribution in [0.2, 0.25) is 0 Å². The van der Waals surface area contributed by atoms with Crippen molar-refractivity contribution in [3.63, 3.8) is 0 Å². The normalized spacial score (nSPS) is 10.4. The molecule has 25 heavy (non-hydrogen) atoms. The second-order valence-corrected chi connectivity index (χ2v) is 6.08. The molecule has 2 rings (SSSR count). The van der Waals surface area contributed by atoms with E-state index in [0.717, 1.165) is 23.2 Å². The number of nitrogen functional groups attached to an aromatic ring is 1. The van der Waals surface area contributed by atoms with Crippen molar-refractivity contribution in [3.05, 3.63) is 53.1 Å². The van der Waals surface area contributed by atoms with Gasteiger partial charge in [-0.25, -0.2) is 0 Å². The van der Waals surface area contributed by atoms with Crippen molar-refractivity contribution in [2.75, 3.05) is 17.7 Å². The minimum atomic E-state index is -0.265. The van der Waals surface area contributed by atoms with Crippen molar-refractivity contribution in [2.45, 2.75) is 33.6 Å². The number of Topliss-reactive ketones (excluding diaryl/α,β-unsaturated/α-hetero) is 1. The van der Waals surface area contributed by atoms with Crippen LogP contribution in [0.5, 0.6) is 5.75 Å². The van der Waals surface area contributed by atoms with Crippen molar-refractivity contribution in [2.24, 2.45) is 0 Å². The molecular weight excluding hydrogens is 316 g/mol. The molecule has 0 fully saturated rings. The molecule has 2 aromatic rings. The lowest BCUT2D eigenvalue weighted by Gasteiger charge is -2.12. The summed E-state index contributed by atoms with van der Waals surface area (Å²) in [5, 5.41) is 2.83. The fourth-order valence-corrected chi connectivity index (χ4v) is 2.42. The summed E-state index contributed by atoms with van der Waals surface area (Å²) >= 11 is 0. The van der Waals surface area contributed by atoms with Crippen LogP contribution in [0.4, 0.5) is 11.4 Å². The maximum Gasteiger partial charge on any atom is 0.262 e. The van der Waals surface area contributed by atoms with E-state index < -0.39 is 0 Å². The minimum absolute atomic E-state index is 0.0495. The van der Waals surface area contributed by atoms with Gasteiger partial charge in [-0.15, -0.1) is 0 Å². The molecule has 0 aromatic heterocycles. The largest absolute Gasteiger partial charge is 0.482 e. The predicted molar refractivity (Wildman–Crippen MR) is 100 cm³/mol. The minimum Gasteiger partial charge on any atom is -0.482 e. The molecule has 0 aliphatic heterocycles. The third kappa shape index (κ3) is 5.08. The Morgan fingerprint density at radius 2 is 1.88 bits per heavy atom. The molecule has 5 nitrogen and oxygen atoms in total. The van der Waals surface area contributed by atoms with E-state index in [1.165, 1.54) is 0 Å². The number of carbonyl (C=O) groups is 2. The number of benzene rings is 2. The van der Waals surface area contributed by atoms with Gasteiger partial charge in [-0.3, -0.25) is 9.59 Å². The van der Waals surface area contributed by atoms with Gasteiger partial charge in [-0.05, 0) is 55.7 Å². The van der Waals surface area contributed by atoms with Crippen molar-refractivity contribution >= 4 is 23.1 Å². The molecule has 0 spiro atoms. The van der Waals surface area contributed by atoms with Gasteiger partial charge in [-0.1, -0.05) is 19.1 Å². The second kappa shape index (κ2) is 8.33. The van der Waals surface area contributed by atoms with Gasteiger partial charge in [0.15, 0.2) is 12.4 Å². The van der Waals surface area contributed by atoms with Gasteiger partial charge in [0.1, 0.15) is 5.75 Å². The molecule has 0 saturated carbocycles. The van der Waals surface area contributed by atoms with Crippen LogP contribution in [0.25, 0.3) is 0 Å². The van der Waals surface area contributed by atoms with Gasteiger partial charge in [0.25, 0.3) is 5.91 Å². The van der Waals surface area contributed by atoms with Crippen molar-refractivity contribution in [1.82, 2.24) is 0 Å². The van der Waals surface area contributed by atoms with E-state index in [1.54, 1.807) is 18.2 Å². The smallest absolute Gasteiger partial charge is 0.262 e. The Kier molecular flexibility index (Phi) is 6.17. The molecule has 0 atom stereocenters. The number of nitrogens with two attached hydrogens (primary N) is 1. The molecule has 0 unspecified atom stereocenters. The Hall–Kier alpha value is -2.82. The van der Waals surface area contributed by atoms with E-state index in [1.807, 2.05) is 39.0 Å². The first-order chi connectivity index (χ1) is 11.9. The van der Waals surface area contributed by atoms with Gasteiger partial charge in [-0.2, -0.15) is 0 Å². The molecule has 132 valence electrons. The first-order valence-electron chi connectivity index (χ1n) is 8.33. The Morgan fingerprint density at radius 3 is 2.56 bits per heavy atom. The molecule has 1 amide bonds. The van der Waals surface area contributed by atoms with E-state index in [2.05, 4.69) is 5.32 Å². The number of ketones is 1. The summed E-state index contributed by atoms with van der Waals surface area (Å²) in [5.74, 6) is 0.178. The first-order valence-corrected chi connectivity index (χ1v) is 8.33. The zero-order chi connectivity index (χ0) is 18.4. The Balaban J connectivity index is 1.97. The first kappa shape index (κ1) is 18.5. The molecule has 2 aromatic carbocycles. The average molecular weight is 340 g/mol. The molecule has 0 aliphatic carbocycles. The van der Waals surface area contributed by atoms with Gasteiger partial charge >= 0.3 is 0 Å². The Bertz CT molecular complexity index is 785. The van der Waals surface area contributed by atoms with Crippen LogP contribution in [-0.4, -0.2) is 18.3 Å². The number of hydrogen-bond acceptors (Lipinski definition) is 4. The topological polar surface area (TPSA) is 81.4 Å². The molecule has 5 heteroatoms. The third-order valence-electron chi connectivity index (χ3n) is 3.83. The number of aryl methyl sites for hydroxylation is 2. The summed E-state index contributed by atoms with van der Waals surface area (Å²) in [5.41, 5.74) is 9.66. The number of ether oxygens (including phenoxy) is 1. The monoisotopic (exact) mass is 340 g/mol. The van der Waals surface area contributed by atoms with E-state index in [0.29, 0.717) is 23.4 Å². The SMILES string of the molecule is CCCC(=O)c1ccc(OCC(=O)Nc2cc(C)ccc2C)c(N)c1. The van der Waals surface area contributed by atoms with E-state index >= 15 is 0 Å². The lowest BCUT2D eigenvalue weighted by Crippen LogP contribution is -2.21. The highest BCUT2D eigenvalue weighted by Crippen LogP contribution is 2.23. The van der Waals surface area contributed by atoms with Crippen molar-refractivity contribution < 1.29 is 14.3 Å². The molecule has 0 radical (unpaired) electrons. The highest BCUT2D eigenvalue weighted by atomic mass is 16.5. The van der Waals surface area contributed by atoms with Crippen LogP contribution in [0.3, 0.4) is 0 Å². The number of anilines is 2. The summed E-state index contributed by atoms with van der Waals surface area (Å²) < 4.78 is 5.49. The predicted octanol–water partition coefficient (Wildman–Crippen LogP) is 3.89. The fraction of sp³-hybridized carbons (Fsp3) is 0.300. The molecular formula is C20H24N2O3. The van der Waals surface area contributed by atoms with Crippen molar-refractivity contribution in [1.29, 1.82) is 0 Å². The number of amides is 1. The van der Waals surface area contributed by atoms with Crippen LogP contribution in [0, 0.1) is 13.8 Å². The molecule has 0 aliphatic rings. The van der Waals surface area contributed by atoms with E-state index in [9.17, 15) is 9.59 Å². The molecule has 0 heterocycles. The highest BCUT2D eigenvalue weighted by molar-refractivity contribution is 5.97.